The SMILES string of the molecule is COc1c(C)cc(S(=O)(=O)NCc2ccccc2OC(F)(F)F)cc1C. The molecule has 0 aromatic heterocycles. The number of methoxy groups -OCH3 is 1. The van der Waals surface area contributed by atoms with Crippen molar-refractivity contribution in [3.63, 3.8) is 0 Å². The maximum atomic E-state index is 12.5. The third-order valence-electron chi connectivity index (χ3n) is 3.60. The Kier molecular flexibility index (Phi) is 5.82. The molecule has 0 aliphatic heterocycles. The van der Waals surface area contributed by atoms with Crippen molar-refractivity contribution in [1.82, 2.24) is 4.72 Å². The second-order valence-corrected chi connectivity index (χ2v) is 7.34. The van der Waals surface area contributed by atoms with Crippen molar-refractivity contribution in [3.8, 4) is 11.5 Å². The number of sulfonamides is 1. The number of rotatable bonds is 6. The molecule has 0 spiro atoms. The summed E-state index contributed by atoms with van der Waals surface area (Å²) in [6, 6.07) is 8.22. The molecule has 0 saturated heterocycles. The van der Waals surface area contributed by atoms with Gasteiger partial charge in [0.2, 0.25) is 10.0 Å². The molecule has 0 bridgehead atoms. The molecule has 2 aromatic carbocycles. The molecular formula is C17H18F3NO4S. The van der Waals surface area contributed by atoms with E-state index in [4.69, 9.17) is 4.74 Å². The van der Waals surface area contributed by atoms with E-state index in [0.29, 0.717) is 16.9 Å². The van der Waals surface area contributed by atoms with Crippen LogP contribution in [0.2, 0.25) is 0 Å². The lowest BCUT2D eigenvalue weighted by Crippen LogP contribution is -2.25. The number of benzene rings is 2. The Hall–Kier alpha value is -2.26. The van der Waals surface area contributed by atoms with E-state index in [1.54, 1.807) is 13.8 Å². The van der Waals surface area contributed by atoms with Gasteiger partial charge in [-0.05, 0) is 43.2 Å². The molecule has 0 atom stereocenters. The van der Waals surface area contributed by atoms with Gasteiger partial charge in [0.05, 0.1) is 12.0 Å². The molecule has 0 aliphatic carbocycles. The van der Waals surface area contributed by atoms with Gasteiger partial charge in [0.15, 0.2) is 0 Å². The molecule has 9 heteroatoms. The standard InChI is InChI=1S/C17H18F3NO4S/c1-11-8-14(9-12(2)16(11)24-3)26(22,23)21-10-13-6-4-5-7-15(13)25-17(18,19)20/h4-9,21H,10H2,1-3H3. The smallest absolute Gasteiger partial charge is 0.496 e. The van der Waals surface area contributed by atoms with Crippen LogP contribution in [0.5, 0.6) is 11.5 Å². The fourth-order valence-corrected chi connectivity index (χ4v) is 3.69. The molecule has 0 heterocycles. The summed E-state index contributed by atoms with van der Waals surface area (Å²) >= 11 is 0. The van der Waals surface area contributed by atoms with E-state index in [9.17, 15) is 21.6 Å². The van der Waals surface area contributed by atoms with E-state index in [0.717, 1.165) is 6.07 Å². The first-order chi connectivity index (χ1) is 12.0. The van der Waals surface area contributed by atoms with Crippen molar-refractivity contribution in [3.05, 3.63) is 53.1 Å². The molecule has 1 N–H and O–H groups in total. The Balaban J connectivity index is 2.25. The molecule has 26 heavy (non-hydrogen) atoms. The van der Waals surface area contributed by atoms with E-state index in [-0.39, 0.29) is 17.0 Å². The predicted molar refractivity (Wildman–Crippen MR) is 89.6 cm³/mol. The lowest BCUT2D eigenvalue weighted by Gasteiger charge is -2.15. The van der Waals surface area contributed by atoms with E-state index >= 15 is 0 Å². The first kappa shape index (κ1) is 20.1. The van der Waals surface area contributed by atoms with Gasteiger partial charge in [-0.2, -0.15) is 0 Å². The Bertz CT molecular complexity index is 872. The highest BCUT2D eigenvalue weighted by atomic mass is 32.2. The van der Waals surface area contributed by atoms with E-state index in [2.05, 4.69) is 9.46 Å². The first-order valence-electron chi connectivity index (χ1n) is 7.52. The highest BCUT2D eigenvalue weighted by Gasteiger charge is 2.32. The van der Waals surface area contributed by atoms with Crippen molar-refractivity contribution < 1.29 is 31.1 Å². The number of nitrogens with one attached hydrogen (secondary N) is 1. The quantitative estimate of drug-likeness (QED) is 0.819. The fourth-order valence-electron chi connectivity index (χ4n) is 2.52. The number of halogens is 3. The van der Waals surface area contributed by atoms with Gasteiger partial charge in [-0.15, -0.1) is 13.2 Å². The zero-order valence-electron chi connectivity index (χ0n) is 14.3. The normalized spacial score (nSPS) is 12.1. The minimum Gasteiger partial charge on any atom is -0.496 e. The summed E-state index contributed by atoms with van der Waals surface area (Å²) in [5.41, 5.74) is 1.33. The highest BCUT2D eigenvalue weighted by Crippen LogP contribution is 2.28. The second kappa shape index (κ2) is 7.55. The molecule has 0 aliphatic rings. The second-order valence-electron chi connectivity index (χ2n) is 5.57. The molecule has 5 nitrogen and oxygen atoms in total. The molecule has 2 aromatic rings. The predicted octanol–water partition coefficient (Wildman–Crippen LogP) is 3.69. The Morgan fingerprint density at radius 2 is 1.65 bits per heavy atom. The average Bonchev–Trinajstić information content (AvgIpc) is 2.52. The summed E-state index contributed by atoms with van der Waals surface area (Å²) in [5, 5.41) is 0. The number of ether oxygens (including phenoxy) is 2. The fraction of sp³-hybridized carbons (Fsp3) is 0.294. The van der Waals surface area contributed by atoms with Gasteiger partial charge in [0.25, 0.3) is 0 Å². The van der Waals surface area contributed by atoms with Crippen LogP contribution in [0.25, 0.3) is 0 Å². The Labute approximate surface area is 149 Å². The summed E-state index contributed by atoms with van der Waals surface area (Å²) in [6.45, 7) is 3.06. The minimum absolute atomic E-state index is 0.00233. The van der Waals surface area contributed by atoms with E-state index in [1.165, 1.54) is 37.4 Å². The van der Waals surface area contributed by atoms with Crippen LogP contribution in [0.4, 0.5) is 13.2 Å². The van der Waals surface area contributed by atoms with Crippen molar-refractivity contribution in [1.29, 1.82) is 0 Å². The lowest BCUT2D eigenvalue weighted by molar-refractivity contribution is -0.274. The maximum absolute atomic E-state index is 12.5. The number of aryl methyl sites for hydroxylation is 2. The van der Waals surface area contributed by atoms with Gasteiger partial charge in [0.1, 0.15) is 11.5 Å². The molecule has 0 unspecified atom stereocenters. The van der Waals surface area contributed by atoms with Gasteiger partial charge in [0, 0.05) is 12.1 Å². The van der Waals surface area contributed by atoms with Crippen LogP contribution in [0, 0.1) is 13.8 Å². The van der Waals surface area contributed by atoms with Crippen LogP contribution in [0.1, 0.15) is 16.7 Å². The number of para-hydroxylation sites is 1. The average molecular weight is 389 g/mol. The van der Waals surface area contributed by atoms with Crippen LogP contribution in [0.15, 0.2) is 41.3 Å². The summed E-state index contributed by atoms with van der Waals surface area (Å²) in [7, 11) is -2.45. The highest BCUT2D eigenvalue weighted by molar-refractivity contribution is 7.89. The van der Waals surface area contributed by atoms with Crippen LogP contribution in [-0.2, 0) is 16.6 Å². The molecule has 0 saturated carbocycles. The first-order valence-corrected chi connectivity index (χ1v) is 9.00. The van der Waals surface area contributed by atoms with Gasteiger partial charge in [-0.1, -0.05) is 18.2 Å². The maximum Gasteiger partial charge on any atom is 0.573 e. The van der Waals surface area contributed by atoms with Gasteiger partial charge in [-0.3, -0.25) is 0 Å². The Morgan fingerprint density at radius 3 is 2.19 bits per heavy atom. The number of hydrogen-bond acceptors (Lipinski definition) is 4. The number of alkyl halides is 3. The van der Waals surface area contributed by atoms with E-state index < -0.39 is 22.1 Å². The van der Waals surface area contributed by atoms with Crippen molar-refractivity contribution in [2.24, 2.45) is 0 Å². The number of hydrogen-bond donors (Lipinski definition) is 1. The zero-order valence-corrected chi connectivity index (χ0v) is 15.2. The van der Waals surface area contributed by atoms with Crippen LogP contribution in [-0.4, -0.2) is 21.9 Å². The molecule has 0 radical (unpaired) electrons. The Morgan fingerprint density at radius 1 is 1.08 bits per heavy atom. The zero-order chi connectivity index (χ0) is 19.5. The van der Waals surface area contributed by atoms with Gasteiger partial charge >= 0.3 is 6.36 Å². The molecule has 142 valence electrons. The molecule has 2 rings (SSSR count). The van der Waals surface area contributed by atoms with Crippen molar-refractivity contribution in [2.45, 2.75) is 31.7 Å². The summed E-state index contributed by atoms with van der Waals surface area (Å²) in [5.74, 6) is 0.123. The largest absolute Gasteiger partial charge is 0.573 e. The van der Waals surface area contributed by atoms with E-state index in [1.807, 2.05) is 0 Å². The van der Waals surface area contributed by atoms with Crippen LogP contribution < -0.4 is 14.2 Å². The summed E-state index contributed by atoms with van der Waals surface area (Å²) < 4.78 is 73.7. The van der Waals surface area contributed by atoms with Crippen molar-refractivity contribution in [2.75, 3.05) is 7.11 Å². The van der Waals surface area contributed by atoms with Gasteiger partial charge < -0.3 is 9.47 Å². The third kappa shape index (κ3) is 4.89. The van der Waals surface area contributed by atoms with Crippen LogP contribution >= 0.6 is 0 Å². The lowest BCUT2D eigenvalue weighted by atomic mass is 10.1. The van der Waals surface area contributed by atoms with Gasteiger partial charge in [-0.25, -0.2) is 13.1 Å². The van der Waals surface area contributed by atoms with Crippen molar-refractivity contribution >= 4 is 10.0 Å². The summed E-state index contributed by atoms with van der Waals surface area (Å²) in [4.78, 5) is 0.00233. The summed E-state index contributed by atoms with van der Waals surface area (Å²) in [6.07, 6.45) is -4.86. The monoisotopic (exact) mass is 389 g/mol. The molecule has 0 fully saturated rings. The molecular weight excluding hydrogens is 371 g/mol. The molecule has 0 amide bonds. The minimum atomic E-state index is -4.86. The van der Waals surface area contributed by atoms with Crippen LogP contribution in [0.3, 0.4) is 0 Å². The topological polar surface area (TPSA) is 64.6 Å². The third-order valence-corrected chi connectivity index (χ3v) is 4.98.